The van der Waals surface area contributed by atoms with E-state index in [1.165, 1.54) is 18.2 Å². The fourth-order valence-electron chi connectivity index (χ4n) is 1.61. The van der Waals surface area contributed by atoms with E-state index in [9.17, 15) is 17.2 Å². The number of rotatable bonds is 3. The van der Waals surface area contributed by atoms with Crippen LogP contribution in [0.2, 0.25) is 0 Å². The number of hydrogen-bond acceptors (Lipinski definition) is 3. The van der Waals surface area contributed by atoms with Crippen molar-refractivity contribution in [3.63, 3.8) is 0 Å². The number of nitrogens with zero attached hydrogens (tertiary/aromatic N) is 1. The third kappa shape index (κ3) is 3.20. The van der Waals surface area contributed by atoms with Crippen LogP contribution in [0.5, 0.6) is 0 Å². The van der Waals surface area contributed by atoms with Crippen LogP contribution >= 0.6 is 15.9 Å². The lowest BCUT2D eigenvalue weighted by molar-refractivity contribution is 0.593. The highest BCUT2D eigenvalue weighted by atomic mass is 79.9. The van der Waals surface area contributed by atoms with E-state index in [1.807, 2.05) is 0 Å². The van der Waals surface area contributed by atoms with Gasteiger partial charge in [0.25, 0.3) is 10.0 Å². The molecule has 0 unspecified atom stereocenters. The molecule has 21 heavy (non-hydrogen) atoms. The van der Waals surface area contributed by atoms with Crippen molar-refractivity contribution in [2.75, 3.05) is 4.72 Å². The van der Waals surface area contributed by atoms with Crippen LogP contribution in [0.15, 0.2) is 45.8 Å². The van der Waals surface area contributed by atoms with Gasteiger partial charge in [-0.2, -0.15) is 5.26 Å². The smallest absolute Gasteiger partial charge is 0.263 e. The molecule has 2 rings (SSSR count). The normalized spacial score (nSPS) is 11.0. The predicted octanol–water partition coefficient (Wildman–Crippen LogP) is 3.40. The van der Waals surface area contributed by atoms with Crippen LogP contribution in [0.1, 0.15) is 5.56 Å². The van der Waals surface area contributed by atoms with Crippen LogP contribution in [-0.4, -0.2) is 8.42 Å². The Labute approximate surface area is 128 Å². The molecule has 0 spiro atoms. The number of hydrogen-bond donors (Lipinski definition) is 1. The molecule has 0 saturated heterocycles. The van der Waals surface area contributed by atoms with Crippen molar-refractivity contribution in [1.29, 1.82) is 5.26 Å². The third-order valence-corrected chi connectivity index (χ3v) is 4.65. The number of halogens is 3. The summed E-state index contributed by atoms with van der Waals surface area (Å²) in [5, 5.41) is 8.88. The van der Waals surface area contributed by atoms with E-state index in [0.29, 0.717) is 4.47 Å². The van der Waals surface area contributed by atoms with E-state index in [-0.39, 0.29) is 5.69 Å². The van der Waals surface area contributed by atoms with Gasteiger partial charge in [-0.25, -0.2) is 17.2 Å². The minimum atomic E-state index is -4.23. The molecule has 0 aliphatic carbocycles. The van der Waals surface area contributed by atoms with Crippen molar-refractivity contribution in [3.05, 3.63) is 58.1 Å². The van der Waals surface area contributed by atoms with Crippen molar-refractivity contribution in [3.8, 4) is 6.07 Å². The summed E-state index contributed by atoms with van der Waals surface area (Å²) in [5.74, 6) is -1.59. The van der Waals surface area contributed by atoms with Crippen LogP contribution in [0.4, 0.5) is 14.5 Å². The molecule has 2 aromatic carbocycles. The molecular formula is C13H7BrF2N2O2S. The predicted molar refractivity (Wildman–Crippen MR) is 76.0 cm³/mol. The number of benzene rings is 2. The average Bonchev–Trinajstić information content (AvgIpc) is 2.42. The van der Waals surface area contributed by atoms with Crippen LogP contribution in [0.3, 0.4) is 0 Å². The fraction of sp³-hybridized carbons (Fsp3) is 0. The van der Waals surface area contributed by atoms with Gasteiger partial charge in [-0.3, -0.25) is 4.72 Å². The summed E-state index contributed by atoms with van der Waals surface area (Å²) in [4.78, 5) is -0.513. The highest BCUT2D eigenvalue weighted by molar-refractivity contribution is 9.10. The second kappa shape index (κ2) is 5.79. The van der Waals surface area contributed by atoms with Gasteiger partial charge in [-0.05, 0) is 46.3 Å². The average molecular weight is 373 g/mol. The van der Waals surface area contributed by atoms with Crippen molar-refractivity contribution >= 4 is 31.6 Å². The first-order valence-electron chi connectivity index (χ1n) is 5.51. The molecule has 0 aliphatic rings. The molecule has 108 valence electrons. The number of nitriles is 1. The van der Waals surface area contributed by atoms with E-state index in [1.54, 1.807) is 0 Å². The Hall–Kier alpha value is -1.98. The van der Waals surface area contributed by atoms with Gasteiger partial charge < -0.3 is 0 Å². The molecule has 0 atom stereocenters. The molecular weight excluding hydrogens is 366 g/mol. The Balaban J connectivity index is 2.52. The SMILES string of the molecule is N#Cc1c(F)cccc1S(=O)(=O)Nc1cc(F)ccc1Br. The van der Waals surface area contributed by atoms with Gasteiger partial charge in [-0.15, -0.1) is 0 Å². The highest BCUT2D eigenvalue weighted by Gasteiger charge is 2.22. The summed E-state index contributed by atoms with van der Waals surface area (Å²) in [6.45, 7) is 0. The summed E-state index contributed by atoms with van der Waals surface area (Å²) < 4.78 is 53.5. The Morgan fingerprint density at radius 3 is 2.57 bits per heavy atom. The first kappa shape index (κ1) is 15.4. The Bertz CT molecular complexity index is 848. The minimum Gasteiger partial charge on any atom is -0.278 e. The van der Waals surface area contributed by atoms with Gasteiger partial charge >= 0.3 is 0 Å². The zero-order valence-electron chi connectivity index (χ0n) is 10.3. The largest absolute Gasteiger partial charge is 0.278 e. The molecule has 0 aliphatic heterocycles. The summed E-state index contributed by atoms with van der Waals surface area (Å²) in [7, 11) is -4.23. The van der Waals surface area contributed by atoms with Gasteiger partial charge in [0.05, 0.1) is 5.69 Å². The van der Waals surface area contributed by atoms with E-state index >= 15 is 0 Å². The molecule has 4 nitrogen and oxygen atoms in total. The van der Waals surface area contributed by atoms with Gasteiger partial charge in [0.1, 0.15) is 28.2 Å². The molecule has 0 amide bonds. The molecule has 0 heterocycles. The standard InChI is InChI=1S/C13H7BrF2N2O2S/c14-10-5-4-8(15)6-12(10)18-21(19,20)13-3-1-2-11(16)9(13)7-17/h1-6,18H. The maximum atomic E-state index is 13.5. The maximum Gasteiger partial charge on any atom is 0.263 e. The lowest BCUT2D eigenvalue weighted by Gasteiger charge is -2.11. The minimum absolute atomic E-state index is 0.0526. The number of nitrogens with one attached hydrogen (secondary N) is 1. The summed E-state index contributed by atoms with van der Waals surface area (Å²) in [6, 6.07) is 8.18. The number of anilines is 1. The lowest BCUT2D eigenvalue weighted by atomic mass is 10.2. The Kier molecular flexibility index (Phi) is 4.25. The molecule has 1 N–H and O–H groups in total. The molecule has 0 bridgehead atoms. The molecule has 0 radical (unpaired) electrons. The second-order valence-corrected chi connectivity index (χ2v) is 6.46. The summed E-state index contributed by atoms with van der Waals surface area (Å²) in [6.07, 6.45) is 0. The van der Waals surface area contributed by atoms with Crippen molar-refractivity contribution in [1.82, 2.24) is 0 Å². The molecule has 0 aromatic heterocycles. The summed E-state index contributed by atoms with van der Waals surface area (Å²) in [5.41, 5.74) is -0.652. The number of sulfonamides is 1. The van der Waals surface area contributed by atoms with Gasteiger partial charge in [0.15, 0.2) is 0 Å². The van der Waals surface area contributed by atoms with Crippen LogP contribution in [0, 0.1) is 23.0 Å². The van der Waals surface area contributed by atoms with Crippen molar-refractivity contribution in [2.24, 2.45) is 0 Å². The lowest BCUT2D eigenvalue weighted by Crippen LogP contribution is -2.15. The summed E-state index contributed by atoms with van der Waals surface area (Å²) >= 11 is 3.07. The van der Waals surface area contributed by atoms with E-state index in [0.717, 1.165) is 24.3 Å². The van der Waals surface area contributed by atoms with Crippen molar-refractivity contribution < 1.29 is 17.2 Å². The zero-order valence-corrected chi connectivity index (χ0v) is 12.7. The Morgan fingerprint density at radius 1 is 1.19 bits per heavy atom. The topological polar surface area (TPSA) is 70.0 Å². The monoisotopic (exact) mass is 372 g/mol. The Morgan fingerprint density at radius 2 is 1.90 bits per heavy atom. The van der Waals surface area contributed by atoms with E-state index in [4.69, 9.17) is 5.26 Å². The first-order chi connectivity index (χ1) is 9.85. The van der Waals surface area contributed by atoms with Crippen LogP contribution < -0.4 is 4.72 Å². The second-order valence-electron chi connectivity index (χ2n) is 3.95. The van der Waals surface area contributed by atoms with E-state index < -0.39 is 32.1 Å². The van der Waals surface area contributed by atoms with Crippen molar-refractivity contribution in [2.45, 2.75) is 4.90 Å². The zero-order chi connectivity index (χ0) is 15.6. The van der Waals surface area contributed by atoms with Gasteiger partial charge in [0, 0.05) is 4.47 Å². The van der Waals surface area contributed by atoms with Crippen LogP contribution in [-0.2, 0) is 10.0 Å². The quantitative estimate of drug-likeness (QED) is 0.897. The molecule has 2 aromatic rings. The van der Waals surface area contributed by atoms with Gasteiger partial charge in [0.2, 0.25) is 0 Å². The third-order valence-electron chi connectivity index (χ3n) is 2.55. The maximum absolute atomic E-state index is 13.5. The first-order valence-corrected chi connectivity index (χ1v) is 7.79. The molecule has 0 fully saturated rings. The van der Waals surface area contributed by atoms with Crippen LogP contribution in [0.25, 0.3) is 0 Å². The van der Waals surface area contributed by atoms with Gasteiger partial charge in [-0.1, -0.05) is 6.07 Å². The molecule has 0 saturated carbocycles. The molecule has 8 heteroatoms. The highest BCUT2D eigenvalue weighted by Crippen LogP contribution is 2.27. The fourth-order valence-corrected chi connectivity index (χ4v) is 3.33. The van der Waals surface area contributed by atoms with E-state index in [2.05, 4.69) is 20.7 Å².